The van der Waals surface area contributed by atoms with E-state index in [2.05, 4.69) is 15.5 Å². The average molecular weight is 591 g/mol. The van der Waals surface area contributed by atoms with Crippen molar-refractivity contribution in [3.05, 3.63) is 40.1 Å². The van der Waals surface area contributed by atoms with Gasteiger partial charge in [0, 0.05) is 23.0 Å². The molecule has 0 unspecified atom stereocenters. The fourth-order valence-corrected chi connectivity index (χ4v) is 5.79. The Kier molecular flexibility index (Phi) is 9.33. The maximum absolute atomic E-state index is 12.9. The van der Waals surface area contributed by atoms with Gasteiger partial charge in [-0.3, -0.25) is 38.4 Å². The highest BCUT2D eigenvalue weighted by Crippen LogP contribution is 2.40. The van der Waals surface area contributed by atoms with E-state index in [-0.39, 0.29) is 29.3 Å². The monoisotopic (exact) mass is 590 g/mol. The highest BCUT2D eigenvalue weighted by atomic mass is 32.3. The number of amides is 2. The number of hydrogen-bond donors (Lipinski definition) is 6. The van der Waals surface area contributed by atoms with Crippen LogP contribution in [0.4, 0.5) is 5.13 Å². The fraction of sp³-hybridized carbons (Fsp3) is 0.421. The van der Waals surface area contributed by atoms with E-state index in [0.717, 1.165) is 11.3 Å². The molecule has 2 amide bonds. The number of rotatable bonds is 8. The predicted molar refractivity (Wildman–Crippen MR) is 137 cm³/mol. The molecule has 2 atom stereocenters. The minimum Gasteiger partial charge on any atom is -0.398 e. The molecule has 0 saturated carbocycles. The third-order valence-electron chi connectivity index (χ3n) is 5.45. The number of hydrogen-bond acceptors (Lipinski definition) is 12. The fourth-order valence-electron chi connectivity index (χ4n) is 3.79. The number of aliphatic hydroxyl groups is 1. The Hall–Kier alpha value is -3.23. The van der Waals surface area contributed by atoms with Crippen LogP contribution in [0.1, 0.15) is 12.6 Å². The number of fused-ring (bicyclic) bond motifs is 1. The number of oxime groups is 1. The number of thiazole rings is 1. The van der Waals surface area contributed by atoms with Crippen LogP contribution in [0.3, 0.4) is 0 Å². The van der Waals surface area contributed by atoms with Gasteiger partial charge < -0.3 is 21.0 Å². The van der Waals surface area contributed by atoms with Gasteiger partial charge in [0.15, 0.2) is 10.8 Å². The minimum absolute atomic E-state index is 0.0438. The zero-order valence-corrected chi connectivity index (χ0v) is 22.6. The number of nitrogens with zero attached hydrogens (tertiary/aromatic N) is 5. The van der Waals surface area contributed by atoms with Gasteiger partial charge in [-0.15, -0.1) is 23.1 Å². The lowest BCUT2D eigenvalue weighted by atomic mass is 10.0. The quantitative estimate of drug-likeness (QED) is 0.0930. The molecule has 2 aromatic heterocycles. The summed E-state index contributed by atoms with van der Waals surface area (Å²) in [5, 5.41) is 25.4. The molecule has 4 heterocycles. The summed E-state index contributed by atoms with van der Waals surface area (Å²) in [6.45, 7) is 2.64. The molecular weight excluding hydrogens is 564 g/mol. The summed E-state index contributed by atoms with van der Waals surface area (Å²) in [7, 11) is -3.34. The number of aliphatic hydroxyl groups excluding tert-OH is 1. The van der Waals surface area contributed by atoms with Gasteiger partial charge in [0.25, 0.3) is 11.8 Å². The first-order valence-corrected chi connectivity index (χ1v) is 14.1. The molecule has 4 rings (SSSR count). The molecule has 0 aliphatic carbocycles. The van der Waals surface area contributed by atoms with Crippen molar-refractivity contribution in [2.75, 3.05) is 25.2 Å². The van der Waals surface area contributed by atoms with Crippen molar-refractivity contribution in [3.63, 3.8) is 0 Å². The van der Waals surface area contributed by atoms with Crippen LogP contribution in [-0.4, -0.2) is 90.3 Å². The zero-order valence-electron chi connectivity index (χ0n) is 20.1. The minimum atomic E-state index is -4.67. The molecule has 0 radical (unpaired) electrons. The van der Waals surface area contributed by atoms with E-state index in [1.165, 1.54) is 18.4 Å². The Balaban J connectivity index is 0.000000732. The number of nitrogen functional groups attached to an aromatic ring is 1. The van der Waals surface area contributed by atoms with Crippen LogP contribution in [0, 0.1) is 5.41 Å². The van der Waals surface area contributed by atoms with Gasteiger partial charge in [-0.05, 0) is 18.6 Å². The van der Waals surface area contributed by atoms with Crippen LogP contribution >= 0.6 is 23.1 Å². The van der Waals surface area contributed by atoms with Gasteiger partial charge in [0.1, 0.15) is 29.7 Å². The van der Waals surface area contributed by atoms with E-state index >= 15 is 0 Å². The van der Waals surface area contributed by atoms with Gasteiger partial charge in [0.05, 0.1) is 19.7 Å². The molecule has 7 N–H and O–H groups in total. The first kappa shape index (κ1) is 29.3. The molecule has 1 saturated heterocycles. The van der Waals surface area contributed by atoms with Crippen molar-refractivity contribution in [1.82, 2.24) is 24.6 Å². The summed E-state index contributed by atoms with van der Waals surface area (Å²) >= 11 is 2.73. The molecule has 0 aromatic carbocycles. The topological polar surface area (TPSA) is 238 Å². The van der Waals surface area contributed by atoms with Crippen LogP contribution in [0.25, 0.3) is 0 Å². The van der Waals surface area contributed by atoms with Crippen LogP contribution in [-0.2, 0) is 37.9 Å². The Labute approximate surface area is 224 Å². The average Bonchev–Trinajstić information content (AvgIpc) is 3.41. The number of nitrogens with two attached hydrogens (primary N) is 1. The predicted octanol–water partition coefficient (Wildman–Crippen LogP) is -1.13. The SMILES string of the molecule is CO/N=C(/C(=O)N[C@H]1C(=O)N2C(C)=C(Cn3ccc(=N)n3CCO)CS[C@H]12)c1csc(N)n1.O=S(=O)(O)O. The van der Waals surface area contributed by atoms with Crippen molar-refractivity contribution in [2.24, 2.45) is 5.16 Å². The lowest BCUT2D eigenvalue weighted by Gasteiger charge is -2.50. The molecule has 0 spiro atoms. The van der Waals surface area contributed by atoms with Crippen LogP contribution in [0.5, 0.6) is 0 Å². The second-order valence-corrected chi connectivity index (χ2v) is 10.7. The van der Waals surface area contributed by atoms with E-state index in [1.54, 1.807) is 39.0 Å². The zero-order chi connectivity index (χ0) is 28.2. The Morgan fingerprint density at radius 1 is 1.42 bits per heavy atom. The van der Waals surface area contributed by atoms with Gasteiger partial charge in [-0.25, -0.2) is 4.98 Å². The Morgan fingerprint density at radius 2 is 2.11 bits per heavy atom. The van der Waals surface area contributed by atoms with E-state index in [1.807, 2.05) is 11.6 Å². The third-order valence-corrected chi connectivity index (χ3v) is 7.46. The molecule has 208 valence electrons. The number of allylic oxidation sites excluding steroid dienone is 1. The molecule has 0 bridgehead atoms. The van der Waals surface area contributed by atoms with Gasteiger partial charge in [0.2, 0.25) is 0 Å². The van der Waals surface area contributed by atoms with Crippen molar-refractivity contribution in [2.45, 2.75) is 31.4 Å². The van der Waals surface area contributed by atoms with Crippen molar-refractivity contribution >= 4 is 56.2 Å². The number of carbonyl (C=O) groups excluding carboxylic acids is 2. The van der Waals surface area contributed by atoms with Crippen molar-refractivity contribution in [1.29, 1.82) is 5.41 Å². The Morgan fingerprint density at radius 3 is 2.68 bits per heavy atom. The lowest BCUT2D eigenvalue weighted by Crippen LogP contribution is -2.70. The molecule has 38 heavy (non-hydrogen) atoms. The normalized spacial score (nSPS) is 19.3. The van der Waals surface area contributed by atoms with Gasteiger partial charge >= 0.3 is 10.4 Å². The third kappa shape index (κ3) is 6.79. The van der Waals surface area contributed by atoms with Crippen molar-refractivity contribution < 1.29 is 37.1 Å². The molecule has 2 aliphatic rings. The number of aromatic nitrogens is 3. The molecule has 2 aliphatic heterocycles. The Bertz CT molecular complexity index is 1420. The molecule has 1 fully saturated rings. The van der Waals surface area contributed by atoms with Crippen LogP contribution in [0.15, 0.2) is 34.1 Å². The van der Waals surface area contributed by atoms with E-state index < -0.39 is 22.3 Å². The van der Waals surface area contributed by atoms with Crippen molar-refractivity contribution in [3.8, 4) is 0 Å². The molecule has 2 aromatic rings. The molecular formula is C19H26N8O8S3. The maximum Gasteiger partial charge on any atom is 0.394 e. The van der Waals surface area contributed by atoms with Gasteiger partial charge in [-0.2, -0.15) is 8.42 Å². The first-order valence-electron chi connectivity index (χ1n) is 10.7. The number of nitrogens with one attached hydrogen (secondary N) is 2. The highest BCUT2D eigenvalue weighted by molar-refractivity contribution is 8.00. The van der Waals surface area contributed by atoms with E-state index in [9.17, 15) is 14.7 Å². The largest absolute Gasteiger partial charge is 0.398 e. The van der Waals surface area contributed by atoms with E-state index in [0.29, 0.717) is 29.5 Å². The number of thioether (sulfide) groups is 1. The first-order chi connectivity index (χ1) is 17.8. The summed E-state index contributed by atoms with van der Waals surface area (Å²) in [6.07, 6.45) is 1.79. The second kappa shape index (κ2) is 12.1. The molecule has 19 heteroatoms. The summed E-state index contributed by atoms with van der Waals surface area (Å²) in [5.74, 6) is -0.102. The number of β-lactam (4-membered cyclic amide) rings is 1. The highest BCUT2D eigenvalue weighted by Gasteiger charge is 2.51. The van der Waals surface area contributed by atoms with E-state index in [4.69, 9.17) is 33.5 Å². The summed E-state index contributed by atoms with van der Waals surface area (Å²) in [4.78, 5) is 36.3. The molecule has 16 nitrogen and oxygen atoms in total. The second-order valence-electron chi connectivity index (χ2n) is 7.84. The summed E-state index contributed by atoms with van der Waals surface area (Å²) in [6, 6.07) is 0.975. The number of anilines is 1. The van der Waals surface area contributed by atoms with Gasteiger partial charge in [-0.1, -0.05) is 5.16 Å². The lowest BCUT2D eigenvalue weighted by molar-refractivity contribution is -0.145. The standard InChI is InChI=1S/C19H24N8O4S2.H2O4S/c1-10-11(7-25-4-3-13(20)26(25)5-6-28)8-32-18-15(17(30)27(10)18)23-16(29)14(24-31-2)12-9-33-19(21)22-12;1-5(2,3)4/h3-4,9,15,18,20,28H,5-8H2,1-2H3,(H2,21,22)(H,23,29);(H2,1,2,3,4)/b20-13?,24-14+;/t15-,18+;/m0./s1. The summed E-state index contributed by atoms with van der Waals surface area (Å²) < 4.78 is 35.1. The maximum atomic E-state index is 12.9. The number of carbonyl (C=O) groups is 2. The van der Waals surface area contributed by atoms with Crippen LogP contribution < -0.4 is 16.5 Å². The summed E-state index contributed by atoms with van der Waals surface area (Å²) in [5.41, 5.74) is 8.08. The van der Waals surface area contributed by atoms with Crippen LogP contribution in [0.2, 0.25) is 0 Å². The smallest absolute Gasteiger partial charge is 0.394 e.